The first-order valence-electron chi connectivity index (χ1n) is 11.9. The van der Waals surface area contributed by atoms with Gasteiger partial charge in [-0.05, 0) is 31.2 Å². The maximum atomic E-state index is 12.8. The maximum Gasteiger partial charge on any atom is 0.317 e. The molecule has 2 N–H and O–H groups in total. The van der Waals surface area contributed by atoms with Crippen LogP contribution in [0.15, 0.2) is 30.3 Å². The van der Waals surface area contributed by atoms with Crippen LogP contribution in [0.25, 0.3) is 0 Å². The second kappa shape index (κ2) is 7.62. The second-order valence-electron chi connectivity index (χ2n) is 10.2. The predicted octanol–water partition coefficient (Wildman–Crippen LogP) is 3.24. The quantitative estimate of drug-likeness (QED) is 0.779. The Balaban J connectivity index is 1.18. The molecule has 1 unspecified atom stereocenters. The lowest BCUT2D eigenvalue weighted by Gasteiger charge is -2.50. The zero-order valence-electron chi connectivity index (χ0n) is 18.1. The van der Waals surface area contributed by atoms with Crippen molar-refractivity contribution in [2.45, 2.75) is 62.9 Å². The fourth-order valence-corrected chi connectivity index (χ4v) is 5.89. The highest BCUT2D eigenvalue weighted by molar-refractivity contribution is 5.75. The first-order valence-corrected chi connectivity index (χ1v) is 11.9. The van der Waals surface area contributed by atoms with E-state index in [1.807, 2.05) is 4.90 Å². The van der Waals surface area contributed by atoms with E-state index in [0.717, 1.165) is 57.2 Å². The molecular formula is C24H32N6O. The lowest BCUT2D eigenvalue weighted by Crippen LogP contribution is -2.64. The lowest BCUT2D eigenvalue weighted by atomic mass is 9.71. The van der Waals surface area contributed by atoms with E-state index in [0.29, 0.717) is 17.9 Å². The molecule has 1 aromatic carbocycles. The summed E-state index contributed by atoms with van der Waals surface area (Å²) in [5.74, 6) is 2.86. The van der Waals surface area contributed by atoms with E-state index in [1.165, 1.54) is 31.2 Å². The highest BCUT2D eigenvalue weighted by atomic mass is 16.2. The topological polar surface area (TPSA) is 77.2 Å². The van der Waals surface area contributed by atoms with Crippen LogP contribution < -0.4 is 5.32 Å². The minimum Gasteiger partial charge on any atom is -0.335 e. The zero-order valence-corrected chi connectivity index (χ0v) is 18.1. The monoisotopic (exact) mass is 420 g/mol. The van der Waals surface area contributed by atoms with Gasteiger partial charge in [0.1, 0.15) is 5.82 Å². The van der Waals surface area contributed by atoms with Gasteiger partial charge in [-0.3, -0.25) is 10.00 Å². The molecule has 0 radical (unpaired) electrons. The number of nitrogens with zero attached hydrogens (tertiary/aromatic N) is 4. The third-order valence-electron chi connectivity index (χ3n) is 7.74. The maximum absolute atomic E-state index is 12.8. The van der Waals surface area contributed by atoms with Crippen molar-refractivity contribution in [2.75, 3.05) is 26.2 Å². The van der Waals surface area contributed by atoms with Gasteiger partial charge in [-0.25, -0.2) is 9.78 Å². The first kappa shape index (κ1) is 19.3. The van der Waals surface area contributed by atoms with Crippen LogP contribution in [0.1, 0.15) is 67.6 Å². The average molecular weight is 421 g/mol. The number of carbonyl (C=O) groups excluding carboxylic acids is 1. The van der Waals surface area contributed by atoms with Gasteiger partial charge >= 0.3 is 6.03 Å². The van der Waals surface area contributed by atoms with Crippen LogP contribution in [0.2, 0.25) is 0 Å². The van der Waals surface area contributed by atoms with Gasteiger partial charge in [0.05, 0.1) is 0 Å². The van der Waals surface area contributed by atoms with Gasteiger partial charge in [0.25, 0.3) is 0 Å². The standard InChI is InChI=1S/C24H32N6O/c31-23(25-19-8-4-5-9-19)30-15-24(16-30)14-29(12-17-6-2-1-3-7-17)13-20(24)22-26-21(27-28-22)18-10-11-18/h1-3,6-7,18-20H,4-5,8-16H2,(H,25,31)(H,26,27,28). The molecule has 2 saturated carbocycles. The predicted molar refractivity (Wildman–Crippen MR) is 118 cm³/mol. The first-order chi connectivity index (χ1) is 15.2. The fraction of sp³-hybridized carbons (Fsp3) is 0.625. The molecule has 164 valence electrons. The fourth-order valence-electron chi connectivity index (χ4n) is 5.89. The van der Waals surface area contributed by atoms with Crippen molar-refractivity contribution < 1.29 is 4.79 Å². The Morgan fingerprint density at radius 2 is 1.87 bits per heavy atom. The van der Waals surface area contributed by atoms with Gasteiger partial charge < -0.3 is 10.2 Å². The number of urea groups is 1. The number of rotatable bonds is 5. The number of likely N-dealkylation sites (tertiary alicyclic amines) is 2. The summed E-state index contributed by atoms with van der Waals surface area (Å²) in [6.45, 7) is 4.52. The molecule has 2 aliphatic carbocycles. The van der Waals surface area contributed by atoms with Gasteiger partial charge in [0, 0.05) is 56.0 Å². The molecule has 4 aliphatic rings. The highest BCUT2D eigenvalue weighted by Crippen LogP contribution is 2.49. The van der Waals surface area contributed by atoms with Crippen LogP contribution in [-0.2, 0) is 6.54 Å². The Morgan fingerprint density at radius 3 is 2.61 bits per heavy atom. The van der Waals surface area contributed by atoms with Crippen LogP contribution in [0.5, 0.6) is 0 Å². The SMILES string of the molecule is O=C(NC1CCCC1)N1CC2(CN(Cc3ccccc3)CC2c2nc(C3CC3)n[nH]2)C1. The molecule has 4 fully saturated rings. The van der Waals surface area contributed by atoms with E-state index in [2.05, 4.69) is 50.7 Å². The van der Waals surface area contributed by atoms with E-state index >= 15 is 0 Å². The highest BCUT2D eigenvalue weighted by Gasteiger charge is 2.57. The molecule has 1 aromatic heterocycles. The van der Waals surface area contributed by atoms with Crippen molar-refractivity contribution in [3.8, 4) is 0 Å². The summed E-state index contributed by atoms with van der Waals surface area (Å²) in [6, 6.07) is 11.2. The molecule has 31 heavy (non-hydrogen) atoms. The van der Waals surface area contributed by atoms with Crippen molar-refractivity contribution >= 4 is 6.03 Å². The summed E-state index contributed by atoms with van der Waals surface area (Å²) >= 11 is 0. The number of amides is 2. The van der Waals surface area contributed by atoms with E-state index in [-0.39, 0.29) is 11.4 Å². The Bertz CT molecular complexity index is 927. The van der Waals surface area contributed by atoms with Crippen LogP contribution in [0, 0.1) is 5.41 Å². The number of aromatic nitrogens is 3. The normalized spacial score (nSPS) is 25.8. The number of hydrogen-bond acceptors (Lipinski definition) is 4. The molecule has 6 rings (SSSR count). The van der Waals surface area contributed by atoms with Gasteiger partial charge in [-0.2, -0.15) is 5.10 Å². The summed E-state index contributed by atoms with van der Waals surface area (Å²) in [4.78, 5) is 22.3. The molecule has 7 nitrogen and oxygen atoms in total. The Kier molecular flexibility index (Phi) is 4.74. The van der Waals surface area contributed by atoms with E-state index < -0.39 is 0 Å². The summed E-state index contributed by atoms with van der Waals surface area (Å²) in [5.41, 5.74) is 1.41. The van der Waals surface area contributed by atoms with Gasteiger partial charge in [0.2, 0.25) is 0 Å². The largest absolute Gasteiger partial charge is 0.335 e. The average Bonchev–Trinajstić information content (AvgIpc) is 3.15. The van der Waals surface area contributed by atoms with Gasteiger partial charge in [0.15, 0.2) is 5.82 Å². The van der Waals surface area contributed by atoms with E-state index in [4.69, 9.17) is 4.98 Å². The second-order valence-corrected chi connectivity index (χ2v) is 10.2. The van der Waals surface area contributed by atoms with Crippen molar-refractivity contribution in [2.24, 2.45) is 5.41 Å². The van der Waals surface area contributed by atoms with Crippen LogP contribution >= 0.6 is 0 Å². The van der Waals surface area contributed by atoms with Crippen molar-refractivity contribution in [1.29, 1.82) is 0 Å². The number of aromatic amines is 1. The molecule has 7 heteroatoms. The molecule has 2 amide bonds. The number of benzene rings is 1. The number of H-pyrrole nitrogens is 1. The zero-order chi connectivity index (χ0) is 20.8. The van der Waals surface area contributed by atoms with Gasteiger partial charge in [-0.1, -0.05) is 43.2 Å². The lowest BCUT2D eigenvalue weighted by molar-refractivity contribution is 0.0240. The van der Waals surface area contributed by atoms with Crippen LogP contribution in [-0.4, -0.2) is 63.2 Å². The third-order valence-corrected chi connectivity index (χ3v) is 7.74. The smallest absolute Gasteiger partial charge is 0.317 e. The molecule has 2 aromatic rings. The number of nitrogens with one attached hydrogen (secondary N) is 2. The summed E-state index contributed by atoms with van der Waals surface area (Å²) in [5, 5.41) is 11.1. The Hall–Kier alpha value is -2.41. The number of hydrogen-bond donors (Lipinski definition) is 2. The molecule has 1 spiro atoms. The third kappa shape index (κ3) is 3.73. The molecule has 2 saturated heterocycles. The molecule has 2 aliphatic heterocycles. The van der Waals surface area contributed by atoms with Crippen LogP contribution in [0.3, 0.4) is 0 Å². The molecule has 1 atom stereocenters. The van der Waals surface area contributed by atoms with Gasteiger partial charge in [-0.15, -0.1) is 0 Å². The molecule has 3 heterocycles. The van der Waals surface area contributed by atoms with Crippen LogP contribution in [0.4, 0.5) is 4.79 Å². The van der Waals surface area contributed by atoms with Crippen molar-refractivity contribution in [3.05, 3.63) is 47.5 Å². The van der Waals surface area contributed by atoms with Crippen molar-refractivity contribution in [3.63, 3.8) is 0 Å². The Morgan fingerprint density at radius 1 is 1.10 bits per heavy atom. The molecular weight excluding hydrogens is 388 g/mol. The minimum atomic E-state index is 0.0716. The van der Waals surface area contributed by atoms with E-state index in [1.54, 1.807) is 0 Å². The minimum absolute atomic E-state index is 0.0716. The molecule has 0 bridgehead atoms. The summed E-state index contributed by atoms with van der Waals surface area (Å²) in [6.07, 6.45) is 7.14. The Labute approximate surface area is 183 Å². The van der Waals surface area contributed by atoms with E-state index in [9.17, 15) is 4.79 Å². The summed E-state index contributed by atoms with van der Waals surface area (Å²) < 4.78 is 0. The summed E-state index contributed by atoms with van der Waals surface area (Å²) in [7, 11) is 0. The number of carbonyl (C=O) groups is 1. The van der Waals surface area contributed by atoms with Crippen molar-refractivity contribution in [1.82, 2.24) is 30.3 Å².